The van der Waals surface area contributed by atoms with Crippen LogP contribution in [0.25, 0.3) is 0 Å². The molecule has 0 fully saturated rings. The Morgan fingerprint density at radius 1 is 1.38 bits per heavy atom. The van der Waals surface area contributed by atoms with Crippen LogP contribution in [0.1, 0.15) is 15.9 Å². The molecule has 0 saturated heterocycles. The number of aliphatic hydroxyl groups is 1. The first-order valence-electron chi connectivity index (χ1n) is 4.54. The highest BCUT2D eigenvalue weighted by Gasteiger charge is 2.09. The second kappa shape index (κ2) is 5.13. The molecule has 86 valence electrons. The van der Waals surface area contributed by atoms with E-state index in [-0.39, 0.29) is 30.0 Å². The Balaban J connectivity index is 2.80. The molecule has 0 aliphatic heterocycles. The van der Waals surface area contributed by atoms with Crippen LogP contribution in [0.15, 0.2) is 18.2 Å². The van der Waals surface area contributed by atoms with Gasteiger partial charge < -0.3 is 21.3 Å². The van der Waals surface area contributed by atoms with Crippen LogP contribution in [0.3, 0.4) is 0 Å². The summed E-state index contributed by atoms with van der Waals surface area (Å²) in [6.45, 7) is -0.628. The molecule has 0 heterocycles. The molecule has 16 heavy (non-hydrogen) atoms. The molecule has 1 rings (SSSR count). The van der Waals surface area contributed by atoms with Crippen molar-refractivity contribution in [3.63, 3.8) is 0 Å². The van der Waals surface area contributed by atoms with Gasteiger partial charge in [0.25, 0.3) is 5.91 Å². The molecule has 0 atom stereocenters. The van der Waals surface area contributed by atoms with Crippen molar-refractivity contribution in [3.8, 4) is 5.75 Å². The van der Waals surface area contributed by atoms with Crippen LogP contribution in [0, 0.1) is 0 Å². The summed E-state index contributed by atoms with van der Waals surface area (Å²) in [5.41, 5.74) is 5.35. The van der Waals surface area contributed by atoms with Gasteiger partial charge in [0.1, 0.15) is 5.75 Å². The summed E-state index contributed by atoms with van der Waals surface area (Å²) in [4.78, 5) is 21.9. The number of benzene rings is 1. The standard InChI is InChI=1S/C10H12N2O4/c11-9(15)4-12-10(16)6-1-2-8(14)7(3-6)5-13/h1-3,13-14H,4-5H2,(H2,11,15)(H,12,16). The fraction of sp³-hybridized carbons (Fsp3) is 0.200. The molecule has 1 aromatic carbocycles. The number of nitrogens with one attached hydrogen (secondary N) is 1. The molecule has 6 heteroatoms. The molecule has 2 amide bonds. The fourth-order valence-corrected chi connectivity index (χ4v) is 1.12. The fourth-order valence-electron chi connectivity index (χ4n) is 1.12. The van der Waals surface area contributed by atoms with Crippen LogP contribution < -0.4 is 11.1 Å². The second-order valence-corrected chi connectivity index (χ2v) is 3.15. The highest BCUT2D eigenvalue weighted by molar-refractivity contribution is 5.96. The largest absolute Gasteiger partial charge is 0.508 e. The summed E-state index contributed by atoms with van der Waals surface area (Å²) >= 11 is 0. The van der Waals surface area contributed by atoms with Crippen molar-refractivity contribution in [2.45, 2.75) is 6.61 Å². The van der Waals surface area contributed by atoms with E-state index in [1.165, 1.54) is 18.2 Å². The van der Waals surface area contributed by atoms with Gasteiger partial charge in [0.15, 0.2) is 0 Å². The number of hydrogen-bond acceptors (Lipinski definition) is 4. The van der Waals surface area contributed by atoms with Gasteiger partial charge >= 0.3 is 0 Å². The third-order valence-electron chi connectivity index (χ3n) is 1.94. The average Bonchev–Trinajstić information content (AvgIpc) is 2.26. The zero-order valence-corrected chi connectivity index (χ0v) is 8.43. The van der Waals surface area contributed by atoms with Crippen molar-refractivity contribution in [2.75, 3.05) is 6.54 Å². The van der Waals surface area contributed by atoms with Crippen LogP contribution in [0.2, 0.25) is 0 Å². The van der Waals surface area contributed by atoms with E-state index in [1.54, 1.807) is 0 Å². The minimum absolute atomic E-state index is 0.0889. The zero-order valence-electron chi connectivity index (χ0n) is 8.43. The lowest BCUT2D eigenvalue weighted by atomic mass is 10.1. The van der Waals surface area contributed by atoms with Gasteiger partial charge in [-0.1, -0.05) is 0 Å². The first-order chi connectivity index (χ1) is 7.54. The zero-order chi connectivity index (χ0) is 12.1. The molecular weight excluding hydrogens is 212 g/mol. The molecule has 0 bridgehead atoms. The van der Waals surface area contributed by atoms with E-state index >= 15 is 0 Å². The summed E-state index contributed by atoms with van der Waals surface area (Å²) in [7, 11) is 0. The molecule has 0 aliphatic carbocycles. The maximum atomic E-state index is 11.4. The molecule has 0 aromatic heterocycles. The van der Waals surface area contributed by atoms with Gasteiger partial charge in [0.2, 0.25) is 5.91 Å². The van der Waals surface area contributed by atoms with Crippen molar-refractivity contribution < 1.29 is 19.8 Å². The first-order valence-corrected chi connectivity index (χ1v) is 4.54. The van der Waals surface area contributed by atoms with Crippen molar-refractivity contribution in [1.29, 1.82) is 0 Å². The van der Waals surface area contributed by atoms with Crippen molar-refractivity contribution in [3.05, 3.63) is 29.3 Å². The highest BCUT2D eigenvalue weighted by atomic mass is 16.3. The third-order valence-corrected chi connectivity index (χ3v) is 1.94. The van der Waals surface area contributed by atoms with Crippen LogP contribution in [0.5, 0.6) is 5.75 Å². The van der Waals surface area contributed by atoms with Gasteiger partial charge in [-0.2, -0.15) is 0 Å². The maximum Gasteiger partial charge on any atom is 0.251 e. The number of phenols is 1. The molecule has 0 saturated carbocycles. The SMILES string of the molecule is NC(=O)CNC(=O)c1ccc(O)c(CO)c1. The summed E-state index contributed by atoms with van der Waals surface area (Å²) in [6.07, 6.45) is 0. The highest BCUT2D eigenvalue weighted by Crippen LogP contribution is 2.18. The van der Waals surface area contributed by atoms with E-state index in [1.807, 2.05) is 0 Å². The molecular formula is C10H12N2O4. The van der Waals surface area contributed by atoms with E-state index in [0.29, 0.717) is 0 Å². The quantitative estimate of drug-likeness (QED) is 0.530. The number of aliphatic hydroxyl groups excluding tert-OH is 1. The number of hydrogen-bond donors (Lipinski definition) is 4. The van der Waals surface area contributed by atoms with Crippen LogP contribution in [0.4, 0.5) is 0 Å². The van der Waals surface area contributed by atoms with Gasteiger partial charge in [0.05, 0.1) is 13.2 Å². The summed E-state index contributed by atoms with van der Waals surface area (Å²) < 4.78 is 0. The lowest BCUT2D eigenvalue weighted by Gasteiger charge is -2.05. The predicted octanol–water partition coefficient (Wildman–Crippen LogP) is -0.900. The molecule has 0 unspecified atom stereocenters. The lowest BCUT2D eigenvalue weighted by Crippen LogP contribution is -2.33. The van der Waals surface area contributed by atoms with Crippen molar-refractivity contribution in [2.24, 2.45) is 5.73 Å². The molecule has 0 spiro atoms. The minimum Gasteiger partial charge on any atom is -0.508 e. The van der Waals surface area contributed by atoms with Gasteiger partial charge in [-0.3, -0.25) is 9.59 Å². The number of carbonyl (C=O) groups excluding carboxylic acids is 2. The number of aromatic hydroxyl groups is 1. The van der Waals surface area contributed by atoms with Crippen LogP contribution >= 0.6 is 0 Å². The normalized spacial score (nSPS) is 9.81. The topological polar surface area (TPSA) is 113 Å². The smallest absolute Gasteiger partial charge is 0.251 e. The second-order valence-electron chi connectivity index (χ2n) is 3.15. The van der Waals surface area contributed by atoms with E-state index in [9.17, 15) is 14.7 Å². The van der Waals surface area contributed by atoms with E-state index in [2.05, 4.69) is 5.32 Å². The number of carbonyl (C=O) groups is 2. The van der Waals surface area contributed by atoms with Crippen LogP contribution in [-0.4, -0.2) is 28.6 Å². The Morgan fingerprint density at radius 3 is 2.62 bits per heavy atom. The van der Waals surface area contributed by atoms with Gasteiger partial charge in [0, 0.05) is 11.1 Å². The summed E-state index contributed by atoms with van der Waals surface area (Å²) in [5.74, 6) is -1.23. The number of nitrogens with two attached hydrogens (primary N) is 1. The van der Waals surface area contributed by atoms with Gasteiger partial charge in [-0.25, -0.2) is 0 Å². The number of rotatable bonds is 4. The summed E-state index contributed by atoms with van der Waals surface area (Å²) in [5, 5.41) is 20.4. The molecule has 6 nitrogen and oxygen atoms in total. The number of primary amides is 1. The molecule has 5 N–H and O–H groups in total. The Morgan fingerprint density at radius 2 is 2.06 bits per heavy atom. The van der Waals surface area contributed by atoms with Crippen molar-refractivity contribution >= 4 is 11.8 Å². The van der Waals surface area contributed by atoms with Crippen molar-refractivity contribution in [1.82, 2.24) is 5.32 Å². The average molecular weight is 224 g/mol. The van der Waals surface area contributed by atoms with Gasteiger partial charge in [-0.05, 0) is 18.2 Å². The maximum absolute atomic E-state index is 11.4. The Bertz CT molecular complexity index is 417. The predicted molar refractivity (Wildman–Crippen MR) is 55.6 cm³/mol. The number of amides is 2. The van der Waals surface area contributed by atoms with E-state index < -0.39 is 11.8 Å². The van der Waals surface area contributed by atoms with E-state index in [4.69, 9.17) is 10.8 Å². The molecule has 0 aliphatic rings. The molecule has 1 aromatic rings. The van der Waals surface area contributed by atoms with Crippen LogP contribution in [-0.2, 0) is 11.4 Å². The minimum atomic E-state index is -0.644. The monoisotopic (exact) mass is 224 g/mol. The lowest BCUT2D eigenvalue weighted by molar-refractivity contribution is -0.117. The Kier molecular flexibility index (Phi) is 3.84. The first kappa shape index (κ1) is 12.0. The molecule has 0 radical (unpaired) electrons. The van der Waals surface area contributed by atoms with E-state index in [0.717, 1.165) is 0 Å². The Hall–Kier alpha value is -2.08. The third kappa shape index (κ3) is 2.96. The summed E-state index contributed by atoms with van der Waals surface area (Å²) in [6, 6.07) is 4.02. The van der Waals surface area contributed by atoms with Gasteiger partial charge in [-0.15, -0.1) is 0 Å². The Labute approximate surface area is 91.7 Å².